The molecule has 1 saturated heterocycles. The van der Waals surface area contributed by atoms with Crippen LogP contribution in [0.5, 0.6) is 5.75 Å². The summed E-state index contributed by atoms with van der Waals surface area (Å²) < 4.78 is 73.3. The standard InChI is InChI=1S/C48H74N2O9SSi/c1-34(2)61(35(3)4,36(5)6)59-38(8)22-26-56-45-31-49-32-46(47(45)40-16-14-39(15-17-40)33-55-29-28-54-10)58-48(60(51,52)42-19-12-37(7)13-20-42)41-18-21-44-43(30-41)50(24-27-57-44)23-11-25-53-9/h12-21,30,34-36,38,45-49H,11,22-29,31-33H2,1-10H3/t38-,45+,46-,47-,48?/m0/s1. The zero-order chi connectivity index (χ0) is 44.2. The number of methoxy groups -OCH3 is 2. The van der Waals surface area contributed by atoms with Crippen molar-refractivity contribution in [2.24, 2.45) is 0 Å². The van der Waals surface area contributed by atoms with Crippen LogP contribution in [0.1, 0.15) is 94.9 Å². The van der Waals surface area contributed by atoms with Crippen LogP contribution in [0.2, 0.25) is 16.6 Å². The van der Waals surface area contributed by atoms with Crippen molar-refractivity contribution < 1.29 is 41.3 Å². The van der Waals surface area contributed by atoms with Gasteiger partial charge in [-0.1, -0.05) is 89.6 Å². The summed E-state index contributed by atoms with van der Waals surface area (Å²) in [5, 5.41) is 3.56. The monoisotopic (exact) mass is 882 g/mol. The molecule has 5 rings (SSSR count). The molecule has 13 heteroatoms. The van der Waals surface area contributed by atoms with Crippen LogP contribution in [0, 0.1) is 6.92 Å². The van der Waals surface area contributed by atoms with E-state index in [-0.39, 0.29) is 23.0 Å². The third-order valence-electron chi connectivity index (χ3n) is 12.4. The number of benzene rings is 3. The fraction of sp³-hybridized carbons (Fsp3) is 0.625. The van der Waals surface area contributed by atoms with E-state index in [0.717, 1.165) is 47.5 Å². The number of ether oxygens (including phenoxy) is 6. The summed E-state index contributed by atoms with van der Waals surface area (Å²) in [5.74, 6) is 0.447. The lowest BCUT2D eigenvalue weighted by Crippen LogP contribution is -2.52. The molecule has 0 spiro atoms. The smallest absolute Gasteiger partial charge is 0.209 e. The lowest BCUT2D eigenvalue weighted by Gasteiger charge is -2.44. The largest absolute Gasteiger partial charge is 0.490 e. The Labute approximate surface area is 368 Å². The quantitative estimate of drug-likeness (QED) is 0.0687. The Morgan fingerprint density at radius 1 is 0.820 bits per heavy atom. The van der Waals surface area contributed by atoms with Gasteiger partial charge < -0.3 is 43.1 Å². The van der Waals surface area contributed by atoms with Gasteiger partial charge in [0.2, 0.25) is 18.2 Å². The molecule has 1 unspecified atom stereocenters. The van der Waals surface area contributed by atoms with E-state index in [1.807, 2.05) is 37.3 Å². The molecule has 0 saturated carbocycles. The molecule has 1 N–H and O–H groups in total. The molecule has 1 fully saturated rings. The van der Waals surface area contributed by atoms with Crippen molar-refractivity contribution in [2.75, 3.05) is 78.3 Å². The van der Waals surface area contributed by atoms with Gasteiger partial charge in [-0.3, -0.25) is 0 Å². The van der Waals surface area contributed by atoms with E-state index in [0.29, 0.717) is 81.5 Å². The van der Waals surface area contributed by atoms with Crippen molar-refractivity contribution >= 4 is 23.8 Å². The van der Waals surface area contributed by atoms with Crippen molar-refractivity contribution in [1.82, 2.24) is 5.32 Å². The lowest BCUT2D eigenvalue weighted by atomic mass is 9.85. The maximum absolute atomic E-state index is 14.9. The SMILES string of the molecule is COCCCN1CCOc2ccc(C(O[C@H]3CNC[C@@H](OCC[C@H](C)O[Si](C(C)C)(C(C)C)C(C)C)[C@@H]3c3ccc(COCCOC)cc3)S(=O)(=O)c3ccc(C)cc3)cc21. The number of anilines is 1. The number of aryl methyl sites for hydroxylation is 1. The van der Waals surface area contributed by atoms with Gasteiger partial charge in [0.25, 0.3) is 0 Å². The highest BCUT2D eigenvalue weighted by molar-refractivity contribution is 7.91. The Hall–Kier alpha value is -2.85. The zero-order valence-electron chi connectivity index (χ0n) is 38.5. The number of hydrogen-bond acceptors (Lipinski definition) is 11. The van der Waals surface area contributed by atoms with Gasteiger partial charge in [0.05, 0.1) is 49.2 Å². The molecule has 2 aliphatic rings. The zero-order valence-corrected chi connectivity index (χ0v) is 40.3. The first kappa shape index (κ1) is 49.2. The van der Waals surface area contributed by atoms with Crippen LogP contribution in [0.15, 0.2) is 71.6 Å². The number of nitrogens with one attached hydrogen (secondary N) is 1. The maximum atomic E-state index is 14.9. The number of hydrogen-bond donors (Lipinski definition) is 1. The summed E-state index contributed by atoms with van der Waals surface area (Å²) in [7, 11) is -2.77. The Kier molecular flexibility index (Phi) is 18.7. The van der Waals surface area contributed by atoms with Crippen LogP contribution in [0.4, 0.5) is 5.69 Å². The van der Waals surface area contributed by atoms with E-state index in [9.17, 15) is 8.42 Å². The van der Waals surface area contributed by atoms with E-state index in [1.54, 1.807) is 26.4 Å². The van der Waals surface area contributed by atoms with Crippen molar-refractivity contribution in [3.05, 3.63) is 89.0 Å². The number of nitrogens with zero attached hydrogens (tertiary/aromatic N) is 1. The number of rotatable bonds is 24. The van der Waals surface area contributed by atoms with Crippen LogP contribution < -0.4 is 15.0 Å². The Morgan fingerprint density at radius 3 is 2.15 bits per heavy atom. The fourth-order valence-corrected chi connectivity index (χ4v) is 16.6. The summed E-state index contributed by atoms with van der Waals surface area (Å²) in [6.07, 6.45) is 0.750. The summed E-state index contributed by atoms with van der Waals surface area (Å²) in [6, 6.07) is 21.0. The molecule has 2 heterocycles. The summed E-state index contributed by atoms with van der Waals surface area (Å²) >= 11 is 0. The summed E-state index contributed by atoms with van der Waals surface area (Å²) in [6.45, 7) is 23.7. The molecule has 11 nitrogen and oxygen atoms in total. The van der Waals surface area contributed by atoms with Gasteiger partial charge in [0.1, 0.15) is 12.4 Å². The van der Waals surface area contributed by atoms with Crippen molar-refractivity contribution in [3.8, 4) is 5.75 Å². The minimum absolute atomic E-state index is 0.0318. The maximum Gasteiger partial charge on any atom is 0.209 e. The Bertz CT molecular complexity index is 1850. The molecule has 340 valence electrons. The number of fused-ring (bicyclic) bond motifs is 1. The topological polar surface area (TPSA) is 114 Å². The second-order valence-corrected chi connectivity index (χ2v) is 25.1. The van der Waals surface area contributed by atoms with Crippen molar-refractivity contribution in [2.45, 2.75) is 126 Å². The normalized spacial score (nSPS) is 19.6. The second kappa shape index (κ2) is 23.2. The van der Waals surface area contributed by atoms with Crippen LogP contribution in [0.25, 0.3) is 0 Å². The van der Waals surface area contributed by atoms with Crippen LogP contribution >= 0.6 is 0 Å². The molecule has 61 heavy (non-hydrogen) atoms. The van der Waals surface area contributed by atoms with Gasteiger partial charge >= 0.3 is 0 Å². The third kappa shape index (κ3) is 12.5. The van der Waals surface area contributed by atoms with Crippen LogP contribution in [-0.4, -0.2) is 108 Å². The predicted octanol–water partition coefficient (Wildman–Crippen LogP) is 8.99. The lowest BCUT2D eigenvalue weighted by molar-refractivity contribution is -0.0675. The average molecular weight is 883 g/mol. The second-order valence-electron chi connectivity index (χ2n) is 17.7. The molecule has 0 aromatic heterocycles. The molecular weight excluding hydrogens is 809 g/mol. The first-order valence-electron chi connectivity index (χ1n) is 22.3. The van der Waals surface area contributed by atoms with Gasteiger partial charge in [-0.25, -0.2) is 8.42 Å². The first-order valence-corrected chi connectivity index (χ1v) is 26.0. The van der Waals surface area contributed by atoms with Gasteiger partial charge in [0, 0.05) is 59.1 Å². The molecule has 2 aliphatic heterocycles. The summed E-state index contributed by atoms with van der Waals surface area (Å²) in [4.78, 5) is 2.45. The minimum Gasteiger partial charge on any atom is -0.490 e. The average Bonchev–Trinajstić information content (AvgIpc) is 3.23. The van der Waals surface area contributed by atoms with Crippen LogP contribution in [0.3, 0.4) is 0 Å². The minimum atomic E-state index is -4.06. The molecule has 3 aromatic rings. The highest BCUT2D eigenvalue weighted by Crippen LogP contribution is 2.44. The van der Waals surface area contributed by atoms with Gasteiger partial charge in [-0.05, 0) is 84.3 Å². The van der Waals surface area contributed by atoms with E-state index in [1.165, 1.54) is 0 Å². The molecule has 0 aliphatic carbocycles. The van der Waals surface area contributed by atoms with E-state index in [2.05, 4.69) is 82.9 Å². The number of piperidine rings is 1. The van der Waals surface area contributed by atoms with Gasteiger partial charge in [0.15, 0.2) is 5.44 Å². The molecule has 0 radical (unpaired) electrons. The van der Waals surface area contributed by atoms with Gasteiger partial charge in [-0.2, -0.15) is 0 Å². The van der Waals surface area contributed by atoms with E-state index in [4.69, 9.17) is 32.8 Å². The molecule has 3 aromatic carbocycles. The highest BCUT2D eigenvalue weighted by atomic mass is 32.2. The molecule has 0 amide bonds. The van der Waals surface area contributed by atoms with Crippen LogP contribution in [-0.2, 0) is 44.6 Å². The van der Waals surface area contributed by atoms with Gasteiger partial charge in [-0.15, -0.1) is 0 Å². The first-order chi connectivity index (χ1) is 29.2. The van der Waals surface area contributed by atoms with Crippen molar-refractivity contribution in [3.63, 3.8) is 0 Å². The Morgan fingerprint density at radius 2 is 1.49 bits per heavy atom. The fourth-order valence-electron chi connectivity index (χ4n) is 9.36. The summed E-state index contributed by atoms with van der Waals surface area (Å²) in [5.41, 5.74) is 4.58. The van der Waals surface area contributed by atoms with E-state index < -0.39 is 29.7 Å². The molecular formula is C48H74N2O9SSi. The number of sulfone groups is 1. The predicted molar refractivity (Wildman–Crippen MR) is 246 cm³/mol. The highest BCUT2D eigenvalue weighted by Gasteiger charge is 2.46. The Balaban J connectivity index is 1.48. The van der Waals surface area contributed by atoms with E-state index >= 15 is 0 Å². The molecule has 0 bridgehead atoms. The molecule has 5 atom stereocenters. The van der Waals surface area contributed by atoms with Crippen molar-refractivity contribution in [1.29, 1.82) is 0 Å². The third-order valence-corrected chi connectivity index (χ3v) is 20.5.